The molecule has 1 aliphatic heterocycles. The molecule has 0 saturated carbocycles. The fraction of sp³-hybridized carbons (Fsp3) is 0.500. The molecule has 1 N–H and O–H groups in total. The summed E-state index contributed by atoms with van der Waals surface area (Å²) in [6.45, 7) is 3.65. The molecule has 16 heavy (non-hydrogen) atoms. The molecular weight excluding hydrogens is 222 g/mol. The van der Waals surface area contributed by atoms with Crippen LogP contribution in [0.25, 0.3) is 0 Å². The van der Waals surface area contributed by atoms with Crippen LogP contribution in [0.15, 0.2) is 18.5 Å². The van der Waals surface area contributed by atoms with Gasteiger partial charge >= 0.3 is 0 Å². The van der Waals surface area contributed by atoms with Crippen molar-refractivity contribution in [1.29, 1.82) is 0 Å². The van der Waals surface area contributed by atoms with Gasteiger partial charge < -0.3 is 15.1 Å². The van der Waals surface area contributed by atoms with Gasteiger partial charge in [-0.15, -0.1) is 0 Å². The van der Waals surface area contributed by atoms with E-state index >= 15 is 0 Å². The summed E-state index contributed by atoms with van der Waals surface area (Å²) in [6, 6.07) is 1.83. The van der Waals surface area contributed by atoms with Crippen LogP contribution >= 0.6 is 12.2 Å². The zero-order chi connectivity index (χ0) is 11.4. The Morgan fingerprint density at radius 3 is 2.44 bits per heavy atom. The van der Waals surface area contributed by atoms with E-state index in [0.717, 1.165) is 37.2 Å². The minimum absolute atomic E-state index is 0.803. The van der Waals surface area contributed by atoms with E-state index in [1.54, 1.807) is 12.4 Å². The molecule has 1 fully saturated rings. The molecule has 5 nitrogen and oxygen atoms in total. The van der Waals surface area contributed by atoms with Crippen LogP contribution in [0.2, 0.25) is 0 Å². The van der Waals surface area contributed by atoms with Gasteiger partial charge in [-0.25, -0.2) is 9.97 Å². The molecule has 6 heteroatoms. The van der Waals surface area contributed by atoms with E-state index in [2.05, 4.69) is 25.1 Å². The van der Waals surface area contributed by atoms with Gasteiger partial charge in [-0.2, -0.15) is 0 Å². The smallest absolute Gasteiger partial charge is 0.225 e. The third-order valence-corrected chi connectivity index (χ3v) is 3.08. The molecule has 0 aliphatic carbocycles. The number of rotatable bonds is 1. The van der Waals surface area contributed by atoms with Crippen LogP contribution < -0.4 is 10.2 Å². The Balaban J connectivity index is 1.93. The second-order valence-corrected chi connectivity index (χ2v) is 3.96. The predicted octanol–water partition coefficient (Wildman–Crippen LogP) is 0.103. The predicted molar refractivity (Wildman–Crippen MR) is 67.5 cm³/mol. The minimum Gasteiger partial charge on any atom is -0.366 e. The molecule has 0 aromatic carbocycles. The zero-order valence-electron chi connectivity index (χ0n) is 9.26. The van der Waals surface area contributed by atoms with Crippen molar-refractivity contribution in [2.45, 2.75) is 0 Å². The molecule has 0 atom stereocenters. The zero-order valence-corrected chi connectivity index (χ0v) is 10.1. The second kappa shape index (κ2) is 5.07. The first kappa shape index (κ1) is 11.1. The van der Waals surface area contributed by atoms with Crippen molar-refractivity contribution in [3.8, 4) is 0 Å². The highest BCUT2D eigenvalue weighted by atomic mass is 32.1. The van der Waals surface area contributed by atoms with E-state index in [1.165, 1.54) is 0 Å². The second-order valence-electron chi connectivity index (χ2n) is 3.58. The van der Waals surface area contributed by atoms with Gasteiger partial charge in [0.2, 0.25) is 5.95 Å². The Kier molecular flexibility index (Phi) is 3.51. The van der Waals surface area contributed by atoms with Crippen molar-refractivity contribution in [1.82, 2.24) is 20.2 Å². The number of aromatic nitrogens is 2. The maximum Gasteiger partial charge on any atom is 0.225 e. The summed E-state index contributed by atoms with van der Waals surface area (Å²) in [4.78, 5) is 12.8. The van der Waals surface area contributed by atoms with Crippen LogP contribution in [-0.2, 0) is 0 Å². The summed E-state index contributed by atoms with van der Waals surface area (Å²) in [5.74, 6) is 0.803. The summed E-state index contributed by atoms with van der Waals surface area (Å²) in [7, 11) is 1.86. The molecule has 0 radical (unpaired) electrons. The van der Waals surface area contributed by atoms with Crippen LogP contribution in [-0.4, -0.2) is 53.2 Å². The lowest BCUT2D eigenvalue weighted by Gasteiger charge is -2.35. The van der Waals surface area contributed by atoms with Crippen LogP contribution in [0.1, 0.15) is 0 Å². The molecule has 1 aromatic rings. The van der Waals surface area contributed by atoms with Crippen molar-refractivity contribution in [3.05, 3.63) is 18.5 Å². The maximum absolute atomic E-state index is 5.20. The third-order valence-electron chi connectivity index (χ3n) is 2.62. The standard InChI is InChI=1S/C10H15N5S/c1-11-10(16)15-7-5-14(6-8-15)9-12-3-2-4-13-9/h2-4H,5-8H2,1H3,(H,11,16). The molecule has 1 aromatic heterocycles. The normalized spacial score (nSPS) is 16.1. The van der Waals surface area contributed by atoms with Crippen molar-refractivity contribution >= 4 is 23.3 Å². The highest BCUT2D eigenvalue weighted by Crippen LogP contribution is 2.09. The van der Waals surface area contributed by atoms with Gasteiger partial charge in [0.15, 0.2) is 5.11 Å². The quantitative estimate of drug-likeness (QED) is 0.699. The van der Waals surface area contributed by atoms with Crippen molar-refractivity contribution in [2.75, 3.05) is 38.1 Å². The van der Waals surface area contributed by atoms with E-state index < -0.39 is 0 Å². The van der Waals surface area contributed by atoms with E-state index in [-0.39, 0.29) is 0 Å². The fourth-order valence-electron chi connectivity index (χ4n) is 1.72. The van der Waals surface area contributed by atoms with Crippen molar-refractivity contribution in [2.24, 2.45) is 0 Å². The number of thiocarbonyl (C=S) groups is 1. The molecule has 0 bridgehead atoms. The maximum atomic E-state index is 5.20. The van der Waals surface area contributed by atoms with Crippen molar-refractivity contribution < 1.29 is 0 Å². The summed E-state index contributed by atoms with van der Waals surface area (Å²) in [6.07, 6.45) is 3.54. The lowest BCUT2D eigenvalue weighted by Crippen LogP contribution is -2.51. The van der Waals surface area contributed by atoms with Gasteiger partial charge in [0.1, 0.15) is 0 Å². The number of hydrogen-bond acceptors (Lipinski definition) is 4. The van der Waals surface area contributed by atoms with Crippen LogP contribution in [0.3, 0.4) is 0 Å². The van der Waals surface area contributed by atoms with Gasteiger partial charge in [0, 0.05) is 45.6 Å². The van der Waals surface area contributed by atoms with Gasteiger partial charge in [-0.3, -0.25) is 0 Å². The first-order chi connectivity index (χ1) is 7.81. The molecule has 1 saturated heterocycles. The topological polar surface area (TPSA) is 44.3 Å². The molecular formula is C10H15N5S. The Labute approximate surface area is 100 Å². The van der Waals surface area contributed by atoms with E-state index in [4.69, 9.17) is 12.2 Å². The third kappa shape index (κ3) is 2.38. The molecule has 0 spiro atoms. The number of anilines is 1. The van der Waals surface area contributed by atoms with E-state index in [9.17, 15) is 0 Å². The van der Waals surface area contributed by atoms with Crippen LogP contribution in [0.4, 0.5) is 5.95 Å². The summed E-state index contributed by atoms with van der Waals surface area (Å²) < 4.78 is 0. The van der Waals surface area contributed by atoms with Gasteiger partial charge in [0.05, 0.1) is 0 Å². The average Bonchev–Trinajstić information content (AvgIpc) is 2.39. The first-order valence-electron chi connectivity index (χ1n) is 5.30. The number of piperazine rings is 1. The number of nitrogens with one attached hydrogen (secondary N) is 1. The number of nitrogens with zero attached hydrogens (tertiary/aromatic N) is 4. The molecule has 1 aliphatic rings. The highest BCUT2D eigenvalue weighted by Gasteiger charge is 2.19. The summed E-state index contributed by atoms with van der Waals surface area (Å²) >= 11 is 5.20. The highest BCUT2D eigenvalue weighted by molar-refractivity contribution is 7.80. The lowest BCUT2D eigenvalue weighted by atomic mass is 10.3. The Hall–Kier alpha value is -1.43. The van der Waals surface area contributed by atoms with E-state index in [0.29, 0.717) is 0 Å². The molecule has 0 amide bonds. The number of hydrogen-bond donors (Lipinski definition) is 1. The van der Waals surface area contributed by atoms with Gasteiger partial charge in [0.25, 0.3) is 0 Å². The Morgan fingerprint density at radius 2 is 1.88 bits per heavy atom. The summed E-state index contributed by atoms with van der Waals surface area (Å²) in [5, 5.41) is 3.81. The Bertz CT molecular complexity index is 347. The minimum atomic E-state index is 0.803. The van der Waals surface area contributed by atoms with Crippen LogP contribution in [0.5, 0.6) is 0 Å². The fourth-order valence-corrected chi connectivity index (χ4v) is 1.90. The molecule has 86 valence electrons. The Morgan fingerprint density at radius 1 is 1.25 bits per heavy atom. The SMILES string of the molecule is CNC(=S)N1CCN(c2ncccn2)CC1. The molecule has 2 heterocycles. The lowest BCUT2D eigenvalue weighted by molar-refractivity contribution is 0.380. The van der Waals surface area contributed by atoms with Gasteiger partial charge in [-0.05, 0) is 18.3 Å². The average molecular weight is 237 g/mol. The van der Waals surface area contributed by atoms with Crippen molar-refractivity contribution in [3.63, 3.8) is 0 Å². The molecule has 0 unspecified atom stereocenters. The first-order valence-corrected chi connectivity index (χ1v) is 5.70. The largest absolute Gasteiger partial charge is 0.366 e. The monoisotopic (exact) mass is 237 g/mol. The molecule has 2 rings (SSSR count). The van der Waals surface area contributed by atoms with E-state index in [1.807, 2.05) is 13.1 Å². The summed E-state index contributed by atoms with van der Waals surface area (Å²) in [5.41, 5.74) is 0. The van der Waals surface area contributed by atoms with Gasteiger partial charge in [-0.1, -0.05) is 0 Å². The van der Waals surface area contributed by atoms with Crippen LogP contribution in [0, 0.1) is 0 Å².